The van der Waals surface area contributed by atoms with Crippen molar-refractivity contribution < 1.29 is 9.18 Å². The van der Waals surface area contributed by atoms with Crippen LogP contribution in [-0.4, -0.2) is 11.6 Å². The monoisotopic (exact) mass is 262 g/mol. The molecular weight excluding hydrogens is 251 g/mol. The SMILES string of the molecule is C/C(=N/NC(=O)c1cccs1)c1ccccc1F. The molecule has 1 heterocycles. The van der Waals surface area contributed by atoms with Gasteiger partial charge in [0.2, 0.25) is 0 Å². The fourth-order valence-electron chi connectivity index (χ4n) is 1.41. The number of hydrogen-bond donors (Lipinski definition) is 1. The highest BCUT2D eigenvalue weighted by Crippen LogP contribution is 2.09. The maximum absolute atomic E-state index is 13.4. The lowest BCUT2D eigenvalue weighted by molar-refractivity contribution is 0.0959. The fourth-order valence-corrected chi connectivity index (χ4v) is 2.03. The van der Waals surface area contributed by atoms with Crippen molar-refractivity contribution in [3.8, 4) is 0 Å². The van der Waals surface area contributed by atoms with Gasteiger partial charge in [-0.2, -0.15) is 5.10 Å². The molecule has 0 spiro atoms. The van der Waals surface area contributed by atoms with Crippen molar-refractivity contribution in [2.45, 2.75) is 6.92 Å². The maximum atomic E-state index is 13.4. The Morgan fingerprint density at radius 1 is 1.28 bits per heavy atom. The van der Waals surface area contributed by atoms with E-state index in [0.717, 1.165) is 0 Å². The molecule has 0 fully saturated rings. The molecule has 3 nitrogen and oxygen atoms in total. The molecule has 0 aliphatic rings. The van der Waals surface area contributed by atoms with E-state index in [2.05, 4.69) is 10.5 Å². The molecule has 18 heavy (non-hydrogen) atoms. The average Bonchev–Trinajstić information content (AvgIpc) is 2.90. The molecule has 0 saturated heterocycles. The van der Waals surface area contributed by atoms with Gasteiger partial charge < -0.3 is 0 Å². The van der Waals surface area contributed by atoms with E-state index in [1.165, 1.54) is 17.4 Å². The molecular formula is C13H11FN2OS. The number of amides is 1. The second-order valence-corrected chi connectivity index (χ2v) is 4.54. The van der Waals surface area contributed by atoms with Crippen LogP contribution in [0.2, 0.25) is 0 Å². The molecule has 5 heteroatoms. The Morgan fingerprint density at radius 2 is 2.06 bits per heavy atom. The van der Waals surface area contributed by atoms with Gasteiger partial charge in [-0.05, 0) is 24.4 Å². The standard InChI is InChI=1S/C13H11FN2OS/c1-9(10-5-2-3-6-11(10)14)15-16-13(17)12-7-4-8-18-12/h2-8H,1H3,(H,16,17)/b15-9-. The Labute approximate surface area is 108 Å². The van der Waals surface area contributed by atoms with Crippen molar-refractivity contribution in [2.24, 2.45) is 5.10 Å². The van der Waals surface area contributed by atoms with Crippen LogP contribution in [0.4, 0.5) is 4.39 Å². The third kappa shape index (κ3) is 2.81. The van der Waals surface area contributed by atoms with Crippen molar-refractivity contribution in [2.75, 3.05) is 0 Å². The van der Waals surface area contributed by atoms with Crippen LogP contribution in [0.5, 0.6) is 0 Å². The first kappa shape index (κ1) is 12.4. The summed E-state index contributed by atoms with van der Waals surface area (Å²) < 4.78 is 13.4. The Morgan fingerprint density at radius 3 is 2.72 bits per heavy atom. The number of nitrogens with one attached hydrogen (secondary N) is 1. The van der Waals surface area contributed by atoms with Gasteiger partial charge in [0, 0.05) is 5.56 Å². The zero-order chi connectivity index (χ0) is 13.0. The minimum absolute atomic E-state index is 0.291. The summed E-state index contributed by atoms with van der Waals surface area (Å²) in [6.07, 6.45) is 0. The summed E-state index contributed by atoms with van der Waals surface area (Å²) in [5.74, 6) is -0.648. The van der Waals surface area contributed by atoms with E-state index >= 15 is 0 Å². The van der Waals surface area contributed by atoms with Gasteiger partial charge in [0.05, 0.1) is 10.6 Å². The molecule has 1 aromatic heterocycles. The zero-order valence-electron chi connectivity index (χ0n) is 9.68. The average molecular weight is 262 g/mol. The molecule has 92 valence electrons. The number of carbonyl (C=O) groups is 1. The first-order valence-corrected chi connectivity index (χ1v) is 6.19. The first-order chi connectivity index (χ1) is 8.68. The molecule has 1 amide bonds. The van der Waals surface area contributed by atoms with Crippen molar-refractivity contribution in [1.29, 1.82) is 0 Å². The summed E-state index contributed by atoms with van der Waals surface area (Å²) in [6, 6.07) is 9.79. The van der Waals surface area contributed by atoms with E-state index < -0.39 is 0 Å². The van der Waals surface area contributed by atoms with Gasteiger partial charge in [-0.1, -0.05) is 24.3 Å². The van der Waals surface area contributed by atoms with E-state index in [-0.39, 0.29) is 11.7 Å². The molecule has 1 N–H and O–H groups in total. The van der Waals surface area contributed by atoms with Crippen LogP contribution >= 0.6 is 11.3 Å². The summed E-state index contributed by atoms with van der Waals surface area (Å²) in [5.41, 5.74) is 3.21. The minimum Gasteiger partial charge on any atom is -0.266 e. The number of nitrogens with zero attached hydrogens (tertiary/aromatic N) is 1. The van der Waals surface area contributed by atoms with Crippen LogP contribution in [-0.2, 0) is 0 Å². The number of rotatable bonds is 3. The Hall–Kier alpha value is -2.01. The highest BCUT2D eigenvalue weighted by molar-refractivity contribution is 7.12. The largest absolute Gasteiger partial charge is 0.281 e. The van der Waals surface area contributed by atoms with Crippen molar-refractivity contribution >= 4 is 23.0 Å². The van der Waals surface area contributed by atoms with E-state index in [9.17, 15) is 9.18 Å². The predicted octanol–water partition coefficient (Wildman–Crippen LogP) is 3.04. The molecule has 0 aliphatic carbocycles. The van der Waals surface area contributed by atoms with Crippen LogP contribution in [0.1, 0.15) is 22.2 Å². The number of thiophene rings is 1. The van der Waals surface area contributed by atoms with Crippen molar-refractivity contribution in [1.82, 2.24) is 5.43 Å². The number of benzene rings is 1. The van der Waals surface area contributed by atoms with Crippen LogP contribution in [0.3, 0.4) is 0 Å². The number of hydrazone groups is 1. The van der Waals surface area contributed by atoms with E-state index in [1.54, 1.807) is 37.3 Å². The van der Waals surface area contributed by atoms with Gasteiger partial charge in [0.1, 0.15) is 5.82 Å². The molecule has 0 atom stereocenters. The lowest BCUT2D eigenvalue weighted by Crippen LogP contribution is -2.18. The second kappa shape index (κ2) is 5.55. The van der Waals surface area contributed by atoms with E-state index in [1.807, 2.05) is 5.38 Å². The topological polar surface area (TPSA) is 41.5 Å². The minimum atomic E-state index is -0.357. The number of hydrogen-bond acceptors (Lipinski definition) is 3. The maximum Gasteiger partial charge on any atom is 0.281 e. The van der Waals surface area contributed by atoms with Crippen LogP contribution < -0.4 is 5.43 Å². The first-order valence-electron chi connectivity index (χ1n) is 5.31. The van der Waals surface area contributed by atoms with Gasteiger partial charge in [-0.3, -0.25) is 4.79 Å². The summed E-state index contributed by atoms with van der Waals surface area (Å²) in [7, 11) is 0. The molecule has 0 radical (unpaired) electrons. The summed E-state index contributed by atoms with van der Waals surface area (Å²) in [4.78, 5) is 12.2. The molecule has 0 bridgehead atoms. The Kier molecular flexibility index (Phi) is 3.84. The number of carbonyl (C=O) groups excluding carboxylic acids is 1. The Balaban J connectivity index is 2.11. The normalized spacial score (nSPS) is 11.3. The summed E-state index contributed by atoms with van der Waals surface area (Å²) >= 11 is 1.33. The third-order valence-electron chi connectivity index (χ3n) is 2.33. The Bertz CT molecular complexity index is 578. The second-order valence-electron chi connectivity index (χ2n) is 3.60. The lowest BCUT2D eigenvalue weighted by atomic mass is 10.1. The molecule has 2 aromatic rings. The van der Waals surface area contributed by atoms with Gasteiger partial charge in [0.25, 0.3) is 5.91 Å². The van der Waals surface area contributed by atoms with Gasteiger partial charge in [0.15, 0.2) is 0 Å². The number of halogens is 1. The molecule has 0 aliphatic heterocycles. The summed E-state index contributed by atoms with van der Waals surface area (Å²) in [5, 5.41) is 5.70. The molecule has 0 unspecified atom stereocenters. The third-order valence-corrected chi connectivity index (χ3v) is 3.20. The fraction of sp³-hybridized carbons (Fsp3) is 0.0769. The van der Waals surface area contributed by atoms with Gasteiger partial charge in [-0.15, -0.1) is 11.3 Å². The van der Waals surface area contributed by atoms with Crippen LogP contribution in [0.15, 0.2) is 46.9 Å². The van der Waals surface area contributed by atoms with Crippen LogP contribution in [0.25, 0.3) is 0 Å². The molecule has 2 rings (SSSR count). The van der Waals surface area contributed by atoms with Crippen molar-refractivity contribution in [3.05, 3.63) is 58.0 Å². The predicted molar refractivity (Wildman–Crippen MR) is 70.4 cm³/mol. The van der Waals surface area contributed by atoms with E-state index in [4.69, 9.17) is 0 Å². The van der Waals surface area contributed by atoms with E-state index in [0.29, 0.717) is 16.2 Å². The highest BCUT2D eigenvalue weighted by Gasteiger charge is 2.07. The van der Waals surface area contributed by atoms with Crippen molar-refractivity contribution in [3.63, 3.8) is 0 Å². The van der Waals surface area contributed by atoms with Crippen LogP contribution in [0, 0.1) is 5.82 Å². The van der Waals surface area contributed by atoms with Gasteiger partial charge >= 0.3 is 0 Å². The molecule has 1 aromatic carbocycles. The highest BCUT2D eigenvalue weighted by atomic mass is 32.1. The zero-order valence-corrected chi connectivity index (χ0v) is 10.5. The smallest absolute Gasteiger partial charge is 0.266 e. The molecule has 0 saturated carbocycles. The quantitative estimate of drug-likeness (QED) is 0.670. The lowest BCUT2D eigenvalue weighted by Gasteiger charge is -2.02. The summed E-state index contributed by atoms with van der Waals surface area (Å²) in [6.45, 7) is 1.65. The van der Waals surface area contributed by atoms with Gasteiger partial charge in [-0.25, -0.2) is 9.82 Å².